The Balaban J connectivity index is 2.15. The topological polar surface area (TPSA) is 90.4 Å². The van der Waals surface area contributed by atoms with E-state index in [1.807, 2.05) is 20.8 Å². The zero-order chi connectivity index (χ0) is 14.1. The fourth-order valence-corrected chi connectivity index (χ4v) is 2.42. The van der Waals surface area contributed by atoms with Crippen LogP contribution in [0.4, 0.5) is 10.8 Å². The van der Waals surface area contributed by atoms with E-state index in [2.05, 4.69) is 10.3 Å². The summed E-state index contributed by atoms with van der Waals surface area (Å²) in [4.78, 5) is 15.9. The van der Waals surface area contributed by atoms with Gasteiger partial charge in [0.2, 0.25) is 0 Å². The van der Waals surface area contributed by atoms with Gasteiger partial charge in [-0.15, -0.1) is 0 Å². The van der Waals surface area contributed by atoms with Gasteiger partial charge in [0, 0.05) is 0 Å². The number of hydrogen-bond donors (Lipinski definition) is 2. The number of nitrogen functional groups attached to an aromatic ring is 1. The first-order valence-electron chi connectivity index (χ1n) is 6.54. The van der Waals surface area contributed by atoms with Crippen LogP contribution < -0.4 is 11.1 Å². The van der Waals surface area contributed by atoms with Crippen molar-refractivity contribution in [2.24, 2.45) is 0 Å². The monoisotopic (exact) mass is 267 g/mol. The molecule has 0 unspecified atom stereocenters. The third-order valence-corrected chi connectivity index (χ3v) is 3.19. The van der Waals surface area contributed by atoms with E-state index in [-0.39, 0.29) is 6.01 Å². The number of rotatable bonds is 2. The van der Waals surface area contributed by atoms with Crippen molar-refractivity contribution in [1.82, 2.24) is 10.3 Å². The highest BCUT2D eigenvalue weighted by atomic mass is 16.6. The molecular weight excluding hydrogens is 246 g/mol. The van der Waals surface area contributed by atoms with Crippen molar-refractivity contribution >= 4 is 12.1 Å². The normalized spacial score (nSPS) is 18.3. The zero-order valence-electron chi connectivity index (χ0n) is 11.7. The summed E-state index contributed by atoms with van der Waals surface area (Å²) in [6.45, 7) is 5.50. The van der Waals surface area contributed by atoms with Crippen LogP contribution >= 0.6 is 0 Å². The molecule has 6 nitrogen and oxygen atoms in total. The molecule has 1 saturated carbocycles. The first-order valence-corrected chi connectivity index (χ1v) is 6.54. The maximum atomic E-state index is 12.0. The van der Waals surface area contributed by atoms with Gasteiger partial charge in [0.1, 0.15) is 11.1 Å². The van der Waals surface area contributed by atoms with Crippen molar-refractivity contribution in [1.29, 1.82) is 0 Å². The second kappa shape index (κ2) is 4.75. The molecule has 3 N–H and O–H groups in total. The van der Waals surface area contributed by atoms with E-state index >= 15 is 0 Å². The van der Waals surface area contributed by atoms with Crippen LogP contribution in [0.5, 0.6) is 0 Å². The molecule has 1 aliphatic carbocycles. The first kappa shape index (κ1) is 13.7. The van der Waals surface area contributed by atoms with Crippen LogP contribution in [-0.2, 0) is 10.3 Å². The highest BCUT2D eigenvalue weighted by Gasteiger charge is 2.41. The summed E-state index contributed by atoms with van der Waals surface area (Å²) in [7, 11) is 0. The standard InChI is InChI=1S/C13H21N3O3/c1-12(2,3)19-11(17)16-13(6-4-5-7-13)9-8-15-10(14)18-9/h8H,4-7H2,1-3H3,(H2,14,15)(H,16,17). The lowest BCUT2D eigenvalue weighted by atomic mass is 9.95. The highest BCUT2D eigenvalue weighted by Crippen LogP contribution is 2.39. The van der Waals surface area contributed by atoms with Gasteiger partial charge in [0.05, 0.1) is 6.20 Å². The van der Waals surface area contributed by atoms with Gasteiger partial charge < -0.3 is 20.2 Å². The van der Waals surface area contributed by atoms with E-state index in [4.69, 9.17) is 14.9 Å². The van der Waals surface area contributed by atoms with E-state index in [1.165, 1.54) is 0 Å². The molecule has 1 aromatic rings. The van der Waals surface area contributed by atoms with Crippen LogP contribution in [0.25, 0.3) is 0 Å². The average Bonchev–Trinajstić information content (AvgIpc) is 2.84. The van der Waals surface area contributed by atoms with Crippen LogP contribution in [0.2, 0.25) is 0 Å². The van der Waals surface area contributed by atoms with Gasteiger partial charge in [-0.25, -0.2) is 9.78 Å². The molecule has 19 heavy (non-hydrogen) atoms. The summed E-state index contributed by atoms with van der Waals surface area (Å²) in [5.74, 6) is 0.605. The van der Waals surface area contributed by atoms with Gasteiger partial charge in [-0.05, 0) is 33.6 Å². The highest BCUT2D eigenvalue weighted by molar-refractivity contribution is 5.69. The minimum absolute atomic E-state index is 0.118. The van der Waals surface area contributed by atoms with Crippen molar-refractivity contribution in [3.8, 4) is 0 Å². The van der Waals surface area contributed by atoms with E-state index in [0.29, 0.717) is 5.76 Å². The molecule has 0 aromatic carbocycles. The largest absolute Gasteiger partial charge is 0.444 e. The number of carbonyl (C=O) groups is 1. The number of nitrogens with one attached hydrogen (secondary N) is 1. The summed E-state index contributed by atoms with van der Waals surface area (Å²) >= 11 is 0. The summed E-state index contributed by atoms with van der Waals surface area (Å²) in [6, 6.07) is 0.118. The molecule has 106 valence electrons. The molecule has 2 rings (SSSR count). The zero-order valence-corrected chi connectivity index (χ0v) is 11.7. The molecule has 0 aliphatic heterocycles. The number of nitrogens with zero attached hydrogens (tertiary/aromatic N) is 1. The fourth-order valence-electron chi connectivity index (χ4n) is 2.42. The third-order valence-electron chi connectivity index (χ3n) is 3.19. The summed E-state index contributed by atoms with van der Waals surface area (Å²) in [5.41, 5.74) is 4.46. The number of alkyl carbamates (subject to hydrolysis) is 1. The van der Waals surface area contributed by atoms with Gasteiger partial charge in [-0.2, -0.15) is 0 Å². The number of nitrogens with two attached hydrogens (primary N) is 1. The van der Waals surface area contributed by atoms with E-state index < -0.39 is 17.2 Å². The van der Waals surface area contributed by atoms with E-state index in [0.717, 1.165) is 25.7 Å². The molecule has 0 saturated heterocycles. The van der Waals surface area contributed by atoms with Crippen molar-refractivity contribution < 1.29 is 13.9 Å². The molecule has 1 fully saturated rings. The quantitative estimate of drug-likeness (QED) is 0.859. The van der Waals surface area contributed by atoms with E-state index in [1.54, 1.807) is 6.20 Å². The minimum atomic E-state index is -0.535. The first-order chi connectivity index (χ1) is 8.81. The smallest absolute Gasteiger partial charge is 0.408 e. The number of oxazole rings is 1. The number of anilines is 1. The van der Waals surface area contributed by atoms with Gasteiger partial charge >= 0.3 is 6.09 Å². The Morgan fingerprint density at radius 1 is 1.47 bits per heavy atom. The molecule has 1 amide bonds. The number of carbonyl (C=O) groups excluding carboxylic acids is 1. The number of aromatic nitrogens is 1. The van der Waals surface area contributed by atoms with Gasteiger partial charge in [-0.3, -0.25) is 0 Å². The Hall–Kier alpha value is -1.72. The van der Waals surface area contributed by atoms with Gasteiger partial charge in [0.15, 0.2) is 5.76 Å². The molecule has 0 spiro atoms. The lowest BCUT2D eigenvalue weighted by Crippen LogP contribution is -2.45. The van der Waals surface area contributed by atoms with Crippen molar-refractivity contribution in [3.63, 3.8) is 0 Å². The van der Waals surface area contributed by atoms with Crippen LogP contribution in [0, 0.1) is 0 Å². The molecule has 0 radical (unpaired) electrons. The number of hydrogen-bond acceptors (Lipinski definition) is 5. The maximum absolute atomic E-state index is 12.0. The molecule has 1 aliphatic rings. The lowest BCUT2D eigenvalue weighted by molar-refractivity contribution is 0.0439. The van der Waals surface area contributed by atoms with Crippen LogP contribution in [0.3, 0.4) is 0 Å². The lowest BCUT2D eigenvalue weighted by Gasteiger charge is -2.29. The Kier molecular flexibility index (Phi) is 3.43. The summed E-state index contributed by atoms with van der Waals surface area (Å²) < 4.78 is 10.7. The van der Waals surface area contributed by atoms with Crippen molar-refractivity contribution in [2.75, 3.05) is 5.73 Å². The molecule has 1 aromatic heterocycles. The minimum Gasteiger partial charge on any atom is -0.444 e. The Morgan fingerprint density at radius 2 is 2.11 bits per heavy atom. The molecular formula is C13H21N3O3. The number of ether oxygens (including phenoxy) is 1. The summed E-state index contributed by atoms with van der Waals surface area (Å²) in [5, 5.41) is 2.93. The van der Waals surface area contributed by atoms with Crippen LogP contribution in [0.15, 0.2) is 10.6 Å². The second-order valence-corrected chi connectivity index (χ2v) is 5.98. The fraction of sp³-hybridized carbons (Fsp3) is 0.692. The van der Waals surface area contributed by atoms with Crippen LogP contribution in [0.1, 0.15) is 52.2 Å². The molecule has 1 heterocycles. The third kappa shape index (κ3) is 3.19. The van der Waals surface area contributed by atoms with Crippen molar-refractivity contribution in [2.45, 2.75) is 57.6 Å². The molecule has 6 heteroatoms. The second-order valence-electron chi connectivity index (χ2n) is 5.98. The maximum Gasteiger partial charge on any atom is 0.408 e. The Bertz CT molecular complexity index is 456. The Labute approximate surface area is 112 Å². The molecule has 0 bridgehead atoms. The number of amides is 1. The predicted molar refractivity (Wildman–Crippen MR) is 70.4 cm³/mol. The van der Waals surface area contributed by atoms with Crippen LogP contribution in [-0.4, -0.2) is 16.7 Å². The van der Waals surface area contributed by atoms with Gasteiger partial charge in [0.25, 0.3) is 6.01 Å². The summed E-state index contributed by atoms with van der Waals surface area (Å²) in [6.07, 6.45) is 4.80. The van der Waals surface area contributed by atoms with Crippen molar-refractivity contribution in [3.05, 3.63) is 12.0 Å². The van der Waals surface area contributed by atoms with E-state index in [9.17, 15) is 4.79 Å². The Morgan fingerprint density at radius 3 is 2.58 bits per heavy atom. The SMILES string of the molecule is CC(C)(C)OC(=O)NC1(c2cnc(N)o2)CCCC1. The average molecular weight is 267 g/mol. The predicted octanol–water partition coefficient (Wildman–Crippen LogP) is 2.55. The van der Waals surface area contributed by atoms with Gasteiger partial charge in [-0.1, -0.05) is 12.8 Å². The molecule has 0 atom stereocenters.